The maximum Gasteiger partial charge on any atom is 0.101 e. The molecule has 17 heavy (non-hydrogen) atoms. The lowest BCUT2D eigenvalue weighted by molar-refractivity contribution is 0.380. The molecule has 0 saturated heterocycles. The van der Waals surface area contributed by atoms with Gasteiger partial charge in [0.1, 0.15) is 6.07 Å². The van der Waals surface area contributed by atoms with E-state index in [0.717, 1.165) is 12.2 Å². The summed E-state index contributed by atoms with van der Waals surface area (Å²) in [6, 6.07) is 7.53. The third-order valence-corrected chi connectivity index (χ3v) is 4.09. The molecule has 0 heterocycles. The fourth-order valence-corrected chi connectivity index (χ4v) is 2.32. The van der Waals surface area contributed by atoms with Crippen molar-refractivity contribution in [2.45, 2.75) is 26.7 Å². The van der Waals surface area contributed by atoms with Gasteiger partial charge in [0, 0.05) is 11.6 Å². The van der Waals surface area contributed by atoms with Crippen LogP contribution in [0.1, 0.15) is 32.3 Å². The SMILES string of the molecule is CC(C)C1(CNc2cc(Cl)ccc2C#N)CC1. The van der Waals surface area contributed by atoms with Gasteiger partial charge in [0.25, 0.3) is 0 Å². The highest BCUT2D eigenvalue weighted by Crippen LogP contribution is 2.51. The van der Waals surface area contributed by atoms with Gasteiger partial charge in [0.05, 0.1) is 11.3 Å². The Labute approximate surface area is 108 Å². The predicted molar refractivity (Wildman–Crippen MR) is 71.2 cm³/mol. The molecule has 0 amide bonds. The summed E-state index contributed by atoms with van der Waals surface area (Å²) in [5, 5.41) is 13.1. The van der Waals surface area contributed by atoms with Crippen molar-refractivity contribution in [1.82, 2.24) is 0 Å². The van der Waals surface area contributed by atoms with Crippen LogP contribution in [-0.4, -0.2) is 6.54 Å². The van der Waals surface area contributed by atoms with Gasteiger partial charge in [-0.05, 0) is 42.4 Å². The Hall–Kier alpha value is -1.20. The van der Waals surface area contributed by atoms with Gasteiger partial charge in [-0.15, -0.1) is 0 Å². The fraction of sp³-hybridized carbons (Fsp3) is 0.500. The molecule has 1 N–H and O–H groups in total. The number of benzene rings is 1. The zero-order valence-corrected chi connectivity index (χ0v) is 11.0. The first-order chi connectivity index (χ1) is 8.07. The van der Waals surface area contributed by atoms with E-state index in [-0.39, 0.29) is 0 Å². The zero-order valence-electron chi connectivity index (χ0n) is 10.3. The van der Waals surface area contributed by atoms with Crippen molar-refractivity contribution in [2.24, 2.45) is 11.3 Å². The molecular formula is C14H17ClN2. The average molecular weight is 249 g/mol. The van der Waals surface area contributed by atoms with Crippen molar-refractivity contribution in [2.75, 3.05) is 11.9 Å². The van der Waals surface area contributed by atoms with E-state index in [0.29, 0.717) is 21.9 Å². The van der Waals surface area contributed by atoms with E-state index in [1.807, 2.05) is 6.07 Å². The quantitative estimate of drug-likeness (QED) is 0.872. The van der Waals surface area contributed by atoms with Gasteiger partial charge in [0.15, 0.2) is 0 Å². The summed E-state index contributed by atoms with van der Waals surface area (Å²) < 4.78 is 0. The third kappa shape index (κ3) is 2.56. The minimum atomic E-state index is 0.426. The second kappa shape index (κ2) is 4.58. The summed E-state index contributed by atoms with van der Waals surface area (Å²) in [6.45, 7) is 5.45. The number of halogens is 1. The number of nitrogens with zero attached hydrogens (tertiary/aromatic N) is 1. The summed E-state index contributed by atoms with van der Waals surface area (Å²) >= 11 is 5.95. The molecule has 1 aromatic carbocycles. The molecule has 1 fully saturated rings. The smallest absolute Gasteiger partial charge is 0.101 e. The number of hydrogen-bond donors (Lipinski definition) is 1. The Bertz CT molecular complexity index is 456. The van der Waals surface area contributed by atoms with Crippen molar-refractivity contribution < 1.29 is 0 Å². The predicted octanol–water partition coefficient (Wildman–Crippen LogP) is 4.06. The van der Waals surface area contributed by atoms with Gasteiger partial charge in [-0.3, -0.25) is 0 Å². The zero-order chi connectivity index (χ0) is 12.5. The van der Waals surface area contributed by atoms with Crippen LogP contribution in [0.25, 0.3) is 0 Å². The van der Waals surface area contributed by atoms with Gasteiger partial charge in [-0.25, -0.2) is 0 Å². The van der Waals surface area contributed by atoms with Crippen LogP contribution in [0.4, 0.5) is 5.69 Å². The van der Waals surface area contributed by atoms with E-state index in [2.05, 4.69) is 25.2 Å². The largest absolute Gasteiger partial charge is 0.383 e. The van der Waals surface area contributed by atoms with Crippen molar-refractivity contribution in [3.8, 4) is 6.07 Å². The van der Waals surface area contributed by atoms with Crippen molar-refractivity contribution in [3.05, 3.63) is 28.8 Å². The van der Waals surface area contributed by atoms with Crippen LogP contribution in [0.2, 0.25) is 5.02 Å². The molecule has 0 spiro atoms. The van der Waals surface area contributed by atoms with E-state index in [1.165, 1.54) is 12.8 Å². The molecule has 1 aromatic rings. The highest BCUT2D eigenvalue weighted by atomic mass is 35.5. The highest BCUT2D eigenvalue weighted by molar-refractivity contribution is 6.30. The number of anilines is 1. The maximum atomic E-state index is 9.03. The molecule has 2 rings (SSSR count). The van der Waals surface area contributed by atoms with Crippen molar-refractivity contribution >= 4 is 17.3 Å². The molecule has 0 bridgehead atoms. The first-order valence-electron chi connectivity index (χ1n) is 6.01. The molecule has 0 radical (unpaired) electrons. The maximum absolute atomic E-state index is 9.03. The van der Waals surface area contributed by atoms with Crippen molar-refractivity contribution in [1.29, 1.82) is 5.26 Å². The van der Waals surface area contributed by atoms with Crippen LogP contribution in [0.15, 0.2) is 18.2 Å². The molecular weight excluding hydrogens is 232 g/mol. The number of rotatable bonds is 4. The number of nitrogens with one attached hydrogen (secondary N) is 1. The minimum absolute atomic E-state index is 0.426. The number of nitriles is 1. The molecule has 0 aromatic heterocycles. The Balaban J connectivity index is 2.09. The lowest BCUT2D eigenvalue weighted by Gasteiger charge is -2.21. The summed E-state index contributed by atoms with van der Waals surface area (Å²) in [4.78, 5) is 0. The molecule has 0 atom stereocenters. The fourth-order valence-electron chi connectivity index (χ4n) is 2.15. The van der Waals surface area contributed by atoms with Gasteiger partial charge in [-0.1, -0.05) is 25.4 Å². The van der Waals surface area contributed by atoms with E-state index in [9.17, 15) is 0 Å². The van der Waals surface area contributed by atoms with Crippen LogP contribution in [0.5, 0.6) is 0 Å². The Morgan fingerprint density at radius 1 is 1.47 bits per heavy atom. The van der Waals surface area contributed by atoms with Crippen LogP contribution in [-0.2, 0) is 0 Å². The van der Waals surface area contributed by atoms with E-state index in [4.69, 9.17) is 16.9 Å². The van der Waals surface area contributed by atoms with Gasteiger partial charge in [-0.2, -0.15) is 5.26 Å². The third-order valence-electron chi connectivity index (χ3n) is 3.85. The lowest BCUT2D eigenvalue weighted by atomic mass is 9.92. The Morgan fingerprint density at radius 2 is 2.18 bits per heavy atom. The molecule has 1 aliphatic rings. The minimum Gasteiger partial charge on any atom is -0.383 e. The van der Waals surface area contributed by atoms with Crippen LogP contribution >= 0.6 is 11.6 Å². The summed E-state index contributed by atoms with van der Waals surface area (Å²) in [5.74, 6) is 0.680. The molecule has 90 valence electrons. The molecule has 2 nitrogen and oxygen atoms in total. The second-order valence-electron chi connectivity index (χ2n) is 5.17. The van der Waals surface area contributed by atoms with Gasteiger partial charge in [0.2, 0.25) is 0 Å². The Morgan fingerprint density at radius 3 is 2.71 bits per heavy atom. The first-order valence-corrected chi connectivity index (χ1v) is 6.39. The molecule has 1 saturated carbocycles. The standard InChI is InChI=1S/C14H17ClN2/c1-10(2)14(5-6-14)9-17-13-7-12(15)4-3-11(13)8-16/h3-4,7,10,17H,5-6,9H2,1-2H3. The first kappa shape index (κ1) is 12.3. The molecule has 0 unspecified atom stereocenters. The highest BCUT2D eigenvalue weighted by Gasteiger charge is 2.44. The van der Waals surface area contributed by atoms with E-state index < -0.39 is 0 Å². The number of hydrogen-bond acceptors (Lipinski definition) is 2. The topological polar surface area (TPSA) is 35.8 Å². The van der Waals surface area contributed by atoms with Gasteiger partial charge >= 0.3 is 0 Å². The van der Waals surface area contributed by atoms with Gasteiger partial charge < -0.3 is 5.32 Å². The lowest BCUT2D eigenvalue weighted by Crippen LogP contribution is -2.21. The van der Waals surface area contributed by atoms with Crippen molar-refractivity contribution in [3.63, 3.8) is 0 Å². The van der Waals surface area contributed by atoms with Crippen LogP contribution in [0, 0.1) is 22.7 Å². The van der Waals surface area contributed by atoms with Crippen LogP contribution < -0.4 is 5.32 Å². The molecule has 0 aliphatic heterocycles. The molecule has 1 aliphatic carbocycles. The van der Waals surface area contributed by atoms with E-state index >= 15 is 0 Å². The normalized spacial score (nSPS) is 16.6. The monoisotopic (exact) mass is 248 g/mol. The van der Waals surface area contributed by atoms with E-state index in [1.54, 1.807) is 12.1 Å². The summed E-state index contributed by atoms with van der Waals surface area (Å²) in [6.07, 6.45) is 2.56. The average Bonchev–Trinajstić information content (AvgIpc) is 3.07. The van der Waals surface area contributed by atoms with Crippen LogP contribution in [0.3, 0.4) is 0 Å². The molecule has 3 heteroatoms. The Kier molecular flexibility index (Phi) is 3.31. The summed E-state index contributed by atoms with van der Waals surface area (Å²) in [5.41, 5.74) is 1.94. The second-order valence-corrected chi connectivity index (χ2v) is 5.61. The summed E-state index contributed by atoms with van der Waals surface area (Å²) in [7, 11) is 0.